The molecule has 120 valence electrons. The molecule has 1 atom stereocenters. The minimum absolute atomic E-state index is 0.0217. The van der Waals surface area contributed by atoms with Crippen molar-refractivity contribution in [1.82, 2.24) is 9.80 Å². The van der Waals surface area contributed by atoms with Gasteiger partial charge in [0.25, 0.3) is 5.91 Å². The van der Waals surface area contributed by atoms with Gasteiger partial charge in [-0.05, 0) is 18.7 Å². The Balaban J connectivity index is 1.89. The highest BCUT2D eigenvalue weighted by Crippen LogP contribution is 2.38. The van der Waals surface area contributed by atoms with E-state index in [2.05, 4.69) is 11.8 Å². The molecule has 2 aliphatic rings. The van der Waals surface area contributed by atoms with Crippen molar-refractivity contribution < 1.29 is 23.8 Å². The standard InChI is InChI=1S/C15H20N2O5/c1-2-16-7-5-15(6-8-16)17(11(10-22-15)14(19)20)13(18)12-4-3-9-21-12/h3-4,9,11H,2,5-8,10H2,1H3,(H,19,20)/t11-/m0/s1. The lowest BCUT2D eigenvalue weighted by Crippen LogP contribution is -2.58. The number of hydrogen-bond acceptors (Lipinski definition) is 5. The number of carboxylic acid groups (broad SMARTS) is 1. The van der Waals surface area contributed by atoms with Crippen molar-refractivity contribution in [3.8, 4) is 0 Å². The van der Waals surface area contributed by atoms with E-state index in [4.69, 9.17) is 9.15 Å². The zero-order chi connectivity index (χ0) is 15.7. The van der Waals surface area contributed by atoms with Gasteiger partial charge in [0.05, 0.1) is 12.9 Å². The first-order valence-corrected chi connectivity index (χ1v) is 7.54. The van der Waals surface area contributed by atoms with Crippen LogP contribution in [0.3, 0.4) is 0 Å². The van der Waals surface area contributed by atoms with Crippen LogP contribution in [-0.4, -0.2) is 64.8 Å². The van der Waals surface area contributed by atoms with E-state index in [-0.39, 0.29) is 12.4 Å². The second-order valence-electron chi connectivity index (χ2n) is 5.70. The van der Waals surface area contributed by atoms with Crippen LogP contribution in [0.2, 0.25) is 0 Å². The van der Waals surface area contributed by atoms with Gasteiger partial charge >= 0.3 is 5.97 Å². The summed E-state index contributed by atoms with van der Waals surface area (Å²) in [6, 6.07) is 2.20. The number of carboxylic acids is 1. The van der Waals surface area contributed by atoms with E-state index in [0.717, 1.165) is 19.6 Å². The van der Waals surface area contributed by atoms with Crippen molar-refractivity contribution in [2.45, 2.75) is 31.5 Å². The molecule has 2 saturated heterocycles. The summed E-state index contributed by atoms with van der Waals surface area (Å²) in [5, 5.41) is 9.43. The fourth-order valence-corrected chi connectivity index (χ4v) is 3.29. The highest BCUT2D eigenvalue weighted by molar-refractivity contribution is 5.95. The number of amides is 1. The minimum atomic E-state index is -1.05. The van der Waals surface area contributed by atoms with Crippen LogP contribution >= 0.6 is 0 Å². The van der Waals surface area contributed by atoms with Crippen LogP contribution in [-0.2, 0) is 9.53 Å². The molecule has 1 N–H and O–H groups in total. The molecule has 0 bridgehead atoms. The van der Waals surface area contributed by atoms with Crippen molar-refractivity contribution >= 4 is 11.9 Å². The van der Waals surface area contributed by atoms with Gasteiger partial charge in [-0.25, -0.2) is 4.79 Å². The second-order valence-corrected chi connectivity index (χ2v) is 5.70. The summed E-state index contributed by atoms with van der Waals surface area (Å²) in [4.78, 5) is 27.9. The lowest BCUT2D eigenvalue weighted by Gasteiger charge is -2.43. The number of likely N-dealkylation sites (tertiary alicyclic amines) is 1. The number of aliphatic carboxylic acids is 1. The summed E-state index contributed by atoms with van der Waals surface area (Å²) in [5.41, 5.74) is -0.835. The Bertz CT molecular complexity index is 548. The molecular formula is C15H20N2O5. The molecular weight excluding hydrogens is 288 g/mol. The van der Waals surface area contributed by atoms with Crippen LogP contribution in [0.25, 0.3) is 0 Å². The predicted molar refractivity (Wildman–Crippen MR) is 76.3 cm³/mol. The topological polar surface area (TPSA) is 83.2 Å². The average Bonchev–Trinajstić information content (AvgIpc) is 3.16. The summed E-state index contributed by atoms with van der Waals surface area (Å²) in [7, 11) is 0. The van der Waals surface area contributed by atoms with E-state index in [9.17, 15) is 14.7 Å². The van der Waals surface area contributed by atoms with E-state index in [0.29, 0.717) is 12.8 Å². The smallest absolute Gasteiger partial charge is 0.328 e. The molecule has 1 spiro atoms. The molecule has 0 unspecified atom stereocenters. The number of piperidine rings is 1. The molecule has 0 aromatic carbocycles. The van der Waals surface area contributed by atoms with Gasteiger partial charge in [-0.2, -0.15) is 0 Å². The first kappa shape index (κ1) is 15.1. The zero-order valence-electron chi connectivity index (χ0n) is 12.5. The number of ether oxygens (including phenoxy) is 1. The van der Waals surface area contributed by atoms with Crippen molar-refractivity contribution in [2.24, 2.45) is 0 Å². The van der Waals surface area contributed by atoms with Gasteiger partial charge in [0.15, 0.2) is 11.8 Å². The average molecular weight is 308 g/mol. The van der Waals surface area contributed by atoms with E-state index in [1.54, 1.807) is 12.1 Å². The van der Waals surface area contributed by atoms with Crippen LogP contribution in [0, 0.1) is 0 Å². The Morgan fingerprint density at radius 1 is 1.41 bits per heavy atom. The third-order valence-corrected chi connectivity index (χ3v) is 4.58. The summed E-state index contributed by atoms with van der Waals surface area (Å²) < 4.78 is 11.0. The third-order valence-electron chi connectivity index (χ3n) is 4.58. The summed E-state index contributed by atoms with van der Waals surface area (Å²) in [6.07, 6.45) is 2.63. The molecule has 1 aromatic heterocycles. The predicted octanol–water partition coefficient (Wildman–Crippen LogP) is 1.02. The van der Waals surface area contributed by atoms with Crippen LogP contribution in [0.15, 0.2) is 22.8 Å². The highest BCUT2D eigenvalue weighted by atomic mass is 16.5. The van der Waals surface area contributed by atoms with E-state index in [1.165, 1.54) is 11.2 Å². The van der Waals surface area contributed by atoms with Gasteiger partial charge in [0.1, 0.15) is 5.72 Å². The van der Waals surface area contributed by atoms with Crippen molar-refractivity contribution in [3.05, 3.63) is 24.2 Å². The summed E-state index contributed by atoms with van der Waals surface area (Å²) in [6.45, 7) is 4.60. The van der Waals surface area contributed by atoms with Crippen molar-refractivity contribution in [1.29, 1.82) is 0 Å². The maximum absolute atomic E-state index is 12.7. The molecule has 2 aliphatic heterocycles. The van der Waals surface area contributed by atoms with Crippen LogP contribution in [0.4, 0.5) is 0 Å². The number of rotatable bonds is 3. The lowest BCUT2D eigenvalue weighted by atomic mass is 9.97. The number of furan rings is 1. The van der Waals surface area contributed by atoms with Crippen LogP contribution < -0.4 is 0 Å². The Morgan fingerprint density at radius 3 is 2.68 bits per heavy atom. The van der Waals surface area contributed by atoms with E-state index < -0.39 is 23.6 Å². The molecule has 3 rings (SSSR count). The molecule has 7 nitrogen and oxygen atoms in total. The van der Waals surface area contributed by atoms with Gasteiger partial charge in [0, 0.05) is 25.9 Å². The summed E-state index contributed by atoms with van der Waals surface area (Å²) in [5.74, 6) is -1.32. The molecule has 7 heteroatoms. The molecule has 22 heavy (non-hydrogen) atoms. The van der Waals surface area contributed by atoms with Crippen LogP contribution in [0.5, 0.6) is 0 Å². The van der Waals surface area contributed by atoms with Gasteiger partial charge < -0.3 is 19.2 Å². The summed E-state index contributed by atoms with van der Waals surface area (Å²) >= 11 is 0. The minimum Gasteiger partial charge on any atom is -0.480 e. The van der Waals surface area contributed by atoms with Gasteiger partial charge in [-0.15, -0.1) is 0 Å². The largest absolute Gasteiger partial charge is 0.480 e. The number of nitrogens with zero attached hydrogens (tertiary/aromatic N) is 2. The quantitative estimate of drug-likeness (QED) is 0.897. The Labute approximate surface area is 128 Å². The maximum atomic E-state index is 12.7. The van der Waals surface area contributed by atoms with Gasteiger partial charge in [0.2, 0.25) is 0 Å². The van der Waals surface area contributed by atoms with Crippen molar-refractivity contribution in [2.75, 3.05) is 26.2 Å². The number of carbonyl (C=O) groups excluding carboxylic acids is 1. The monoisotopic (exact) mass is 308 g/mol. The fraction of sp³-hybridized carbons (Fsp3) is 0.600. The first-order valence-electron chi connectivity index (χ1n) is 7.54. The molecule has 3 heterocycles. The lowest BCUT2D eigenvalue weighted by molar-refractivity contribution is -0.144. The molecule has 2 fully saturated rings. The second kappa shape index (κ2) is 5.73. The fourth-order valence-electron chi connectivity index (χ4n) is 3.29. The molecule has 0 saturated carbocycles. The number of hydrogen-bond donors (Lipinski definition) is 1. The number of carbonyl (C=O) groups is 2. The Morgan fingerprint density at radius 2 is 2.14 bits per heavy atom. The molecule has 0 aliphatic carbocycles. The Hall–Kier alpha value is -1.86. The molecule has 1 amide bonds. The van der Waals surface area contributed by atoms with Gasteiger partial charge in [-0.1, -0.05) is 6.92 Å². The maximum Gasteiger partial charge on any atom is 0.328 e. The normalized spacial score (nSPS) is 24.8. The van der Waals surface area contributed by atoms with E-state index in [1.807, 2.05) is 0 Å². The van der Waals surface area contributed by atoms with Crippen molar-refractivity contribution in [3.63, 3.8) is 0 Å². The SMILES string of the molecule is CCN1CCC2(CC1)OC[C@@H](C(=O)O)N2C(=O)c1ccco1. The highest BCUT2D eigenvalue weighted by Gasteiger charge is 2.54. The van der Waals surface area contributed by atoms with Gasteiger partial charge in [-0.3, -0.25) is 9.69 Å². The van der Waals surface area contributed by atoms with Crippen LogP contribution in [0.1, 0.15) is 30.3 Å². The zero-order valence-corrected chi connectivity index (χ0v) is 12.5. The molecule has 0 radical (unpaired) electrons. The molecule has 1 aromatic rings. The third kappa shape index (κ3) is 2.40. The Kier molecular flexibility index (Phi) is 3.92. The first-order chi connectivity index (χ1) is 10.6. The van der Waals surface area contributed by atoms with E-state index >= 15 is 0 Å².